The van der Waals surface area contributed by atoms with E-state index in [1.807, 2.05) is 38.1 Å². The van der Waals surface area contributed by atoms with E-state index in [9.17, 15) is 13.2 Å². The van der Waals surface area contributed by atoms with Crippen LogP contribution in [0.15, 0.2) is 36.4 Å². The Labute approximate surface area is 194 Å². The van der Waals surface area contributed by atoms with Crippen molar-refractivity contribution in [1.82, 2.24) is 9.97 Å². The van der Waals surface area contributed by atoms with Crippen molar-refractivity contribution in [3.05, 3.63) is 58.2 Å². The van der Waals surface area contributed by atoms with E-state index < -0.39 is 11.7 Å². The monoisotopic (exact) mass is 475 g/mol. The van der Waals surface area contributed by atoms with E-state index in [4.69, 9.17) is 22.1 Å². The Kier molecular flexibility index (Phi) is 6.54. The number of nitrogens with one attached hydrogen (secondary N) is 1. The number of hydrogen-bond donors (Lipinski definition) is 2. The van der Waals surface area contributed by atoms with Gasteiger partial charge >= 0.3 is 6.18 Å². The highest BCUT2D eigenvalue weighted by Crippen LogP contribution is 2.43. The van der Waals surface area contributed by atoms with Crippen LogP contribution in [-0.2, 0) is 12.6 Å². The Balaban J connectivity index is 2.04. The van der Waals surface area contributed by atoms with E-state index in [2.05, 4.69) is 9.97 Å². The van der Waals surface area contributed by atoms with Crippen molar-refractivity contribution >= 4 is 33.4 Å². The molecule has 174 valence electrons. The van der Waals surface area contributed by atoms with Gasteiger partial charge in [0.25, 0.3) is 0 Å². The molecule has 0 saturated heterocycles. The van der Waals surface area contributed by atoms with Gasteiger partial charge in [0.05, 0.1) is 23.4 Å². The fourth-order valence-electron chi connectivity index (χ4n) is 4.25. The molecule has 0 amide bonds. The Bertz CT molecular complexity index is 1310. The number of benzene rings is 2. The predicted octanol–water partition coefficient (Wildman–Crippen LogP) is 7.04. The number of halogens is 4. The maximum absolute atomic E-state index is 13.9. The second-order valence-electron chi connectivity index (χ2n) is 7.99. The molecule has 0 unspecified atom stereocenters. The van der Waals surface area contributed by atoms with Gasteiger partial charge in [0, 0.05) is 27.1 Å². The third-order valence-corrected chi connectivity index (χ3v) is 5.91. The molecule has 0 saturated carbocycles. The molecule has 0 atom stereocenters. The summed E-state index contributed by atoms with van der Waals surface area (Å²) in [4.78, 5) is 7.74. The molecule has 3 N–H and O–H groups in total. The van der Waals surface area contributed by atoms with Gasteiger partial charge in [0.2, 0.25) is 0 Å². The third-order valence-electron chi connectivity index (χ3n) is 5.69. The molecule has 4 aromatic rings. The number of nitrogens with two attached hydrogens (primary N) is 1. The van der Waals surface area contributed by atoms with Gasteiger partial charge in [-0.25, -0.2) is 4.98 Å². The number of ether oxygens (including phenoxy) is 1. The minimum atomic E-state index is -4.54. The van der Waals surface area contributed by atoms with Gasteiger partial charge in [-0.05, 0) is 75.5 Å². The maximum Gasteiger partial charge on any atom is 0.418 e. The number of aryl methyl sites for hydroxylation is 2. The summed E-state index contributed by atoms with van der Waals surface area (Å²) >= 11 is 6.13. The highest BCUT2D eigenvalue weighted by molar-refractivity contribution is 6.31. The van der Waals surface area contributed by atoms with Crippen molar-refractivity contribution in [2.45, 2.75) is 39.3 Å². The zero-order valence-corrected chi connectivity index (χ0v) is 19.2. The Hall–Kier alpha value is -2.77. The molecule has 8 heteroatoms. The number of rotatable bonds is 7. The van der Waals surface area contributed by atoms with Crippen molar-refractivity contribution < 1.29 is 17.9 Å². The van der Waals surface area contributed by atoms with E-state index in [1.54, 1.807) is 6.07 Å². The molecular formula is C25H25ClF3N3O. The summed E-state index contributed by atoms with van der Waals surface area (Å²) < 4.78 is 47.3. The largest absolute Gasteiger partial charge is 0.492 e. The van der Waals surface area contributed by atoms with Crippen LogP contribution in [-0.4, -0.2) is 23.1 Å². The highest BCUT2D eigenvalue weighted by atomic mass is 35.5. The lowest BCUT2D eigenvalue weighted by Gasteiger charge is -2.12. The summed E-state index contributed by atoms with van der Waals surface area (Å²) in [6.07, 6.45) is -2.46. The van der Waals surface area contributed by atoms with Crippen molar-refractivity contribution in [1.29, 1.82) is 0 Å². The van der Waals surface area contributed by atoms with Crippen molar-refractivity contribution in [3.63, 3.8) is 0 Å². The Morgan fingerprint density at radius 1 is 1.09 bits per heavy atom. The van der Waals surface area contributed by atoms with Crippen LogP contribution in [0.2, 0.25) is 5.02 Å². The average Bonchev–Trinajstić information content (AvgIpc) is 3.11. The third kappa shape index (κ3) is 4.52. The van der Waals surface area contributed by atoms with Crippen molar-refractivity contribution in [3.8, 4) is 17.0 Å². The predicted molar refractivity (Wildman–Crippen MR) is 127 cm³/mol. The number of fused-ring (bicyclic) bond motifs is 2. The first kappa shape index (κ1) is 23.4. The van der Waals surface area contributed by atoms with Crippen LogP contribution in [0.25, 0.3) is 33.1 Å². The number of hydrogen-bond acceptors (Lipinski definition) is 3. The lowest BCUT2D eigenvalue weighted by molar-refractivity contribution is -0.136. The second-order valence-corrected chi connectivity index (χ2v) is 8.43. The summed E-state index contributed by atoms with van der Waals surface area (Å²) in [6.45, 7) is 4.78. The molecule has 33 heavy (non-hydrogen) atoms. The lowest BCUT2D eigenvalue weighted by atomic mass is 9.96. The van der Waals surface area contributed by atoms with E-state index in [1.165, 1.54) is 0 Å². The molecule has 0 bridgehead atoms. The van der Waals surface area contributed by atoms with Crippen LogP contribution in [0.3, 0.4) is 0 Å². The summed E-state index contributed by atoms with van der Waals surface area (Å²) in [6, 6.07) is 10.1. The van der Waals surface area contributed by atoms with Gasteiger partial charge in [0.15, 0.2) is 0 Å². The van der Waals surface area contributed by atoms with E-state index in [0.717, 1.165) is 41.1 Å². The van der Waals surface area contributed by atoms with E-state index in [0.29, 0.717) is 41.9 Å². The van der Waals surface area contributed by atoms with Crippen molar-refractivity contribution in [2.75, 3.05) is 13.2 Å². The van der Waals surface area contributed by atoms with E-state index in [-0.39, 0.29) is 10.5 Å². The molecule has 0 aliphatic rings. The molecule has 0 fully saturated rings. The molecule has 2 heterocycles. The van der Waals surface area contributed by atoms with Crippen LogP contribution in [0.4, 0.5) is 13.2 Å². The van der Waals surface area contributed by atoms with Crippen LogP contribution in [0.5, 0.6) is 5.75 Å². The van der Waals surface area contributed by atoms with Crippen LogP contribution in [0, 0.1) is 6.92 Å². The van der Waals surface area contributed by atoms with Gasteiger partial charge in [-0.3, -0.25) is 0 Å². The van der Waals surface area contributed by atoms with Crippen LogP contribution >= 0.6 is 11.6 Å². The minimum Gasteiger partial charge on any atom is -0.492 e. The molecule has 0 aliphatic heterocycles. The summed E-state index contributed by atoms with van der Waals surface area (Å²) in [5, 5.41) is 1.33. The number of nitrogens with zero attached hydrogens (tertiary/aromatic N) is 1. The topological polar surface area (TPSA) is 63.9 Å². The molecule has 0 spiro atoms. The van der Waals surface area contributed by atoms with Gasteiger partial charge in [-0.2, -0.15) is 13.2 Å². The first-order valence-electron chi connectivity index (χ1n) is 10.9. The lowest BCUT2D eigenvalue weighted by Crippen LogP contribution is -2.05. The number of aromatic nitrogens is 2. The molecule has 0 aliphatic carbocycles. The minimum absolute atomic E-state index is 0.0340. The number of pyridine rings is 1. The Morgan fingerprint density at radius 3 is 2.58 bits per heavy atom. The van der Waals surface area contributed by atoms with E-state index >= 15 is 0 Å². The number of aromatic amines is 1. The molecular weight excluding hydrogens is 451 g/mol. The normalized spacial score (nSPS) is 12.1. The van der Waals surface area contributed by atoms with Crippen LogP contribution in [0.1, 0.15) is 36.6 Å². The summed E-state index contributed by atoms with van der Waals surface area (Å²) in [5.74, 6) is 0.639. The summed E-state index contributed by atoms with van der Waals surface area (Å²) in [7, 11) is 0. The van der Waals surface area contributed by atoms with Gasteiger partial charge < -0.3 is 15.5 Å². The average molecular weight is 476 g/mol. The molecule has 2 aromatic carbocycles. The van der Waals surface area contributed by atoms with Crippen molar-refractivity contribution in [2.24, 2.45) is 5.73 Å². The fourth-order valence-corrected chi connectivity index (χ4v) is 4.47. The zero-order valence-electron chi connectivity index (χ0n) is 18.4. The molecule has 2 aromatic heterocycles. The number of alkyl halides is 3. The summed E-state index contributed by atoms with van der Waals surface area (Å²) in [5.41, 5.74) is 8.62. The van der Waals surface area contributed by atoms with Crippen LogP contribution < -0.4 is 10.5 Å². The van der Waals surface area contributed by atoms with Gasteiger partial charge in [0.1, 0.15) is 11.3 Å². The standard InChI is InChI=1S/C25H25ClF3N3O/c1-3-33-21-10-9-17(18-8-7-14(2)31-24(18)21)22-16(6-4-5-11-30)19-12-15(26)13-20(23(19)32-22)25(27,28)29/h7-10,12-13,32H,3-6,11,30H2,1-2H3. The molecule has 4 rings (SSSR count). The number of H-pyrrole nitrogens is 1. The second kappa shape index (κ2) is 9.23. The maximum atomic E-state index is 13.9. The SMILES string of the molecule is CCOc1ccc(-c2[nH]c3c(C(F)(F)F)cc(Cl)cc3c2CCCCN)c2ccc(C)nc12. The fraction of sp³-hybridized carbons (Fsp3) is 0.320. The van der Waals surface area contributed by atoms with Gasteiger partial charge in [-0.15, -0.1) is 0 Å². The highest BCUT2D eigenvalue weighted by Gasteiger charge is 2.35. The first-order chi connectivity index (χ1) is 15.7. The zero-order chi connectivity index (χ0) is 23.8. The smallest absolute Gasteiger partial charge is 0.418 e. The Morgan fingerprint density at radius 2 is 1.88 bits per heavy atom. The molecule has 0 radical (unpaired) electrons. The first-order valence-corrected chi connectivity index (χ1v) is 11.3. The van der Waals surface area contributed by atoms with Gasteiger partial charge in [-0.1, -0.05) is 17.7 Å². The molecule has 4 nitrogen and oxygen atoms in total. The number of unbranched alkanes of at least 4 members (excludes halogenated alkanes) is 1. The quantitative estimate of drug-likeness (QED) is 0.282.